The Morgan fingerprint density at radius 1 is 1.14 bits per heavy atom. The molecule has 0 unspecified atom stereocenters. The summed E-state index contributed by atoms with van der Waals surface area (Å²) in [5.41, 5.74) is 1.94. The zero-order valence-electron chi connectivity index (χ0n) is 12.3. The largest absolute Gasteiger partial charge is 0.369 e. The third-order valence-corrected chi connectivity index (χ3v) is 3.59. The van der Waals surface area contributed by atoms with Crippen molar-refractivity contribution in [1.29, 1.82) is 0 Å². The van der Waals surface area contributed by atoms with Crippen molar-refractivity contribution in [3.05, 3.63) is 52.2 Å². The maximum Gasteiger partial charge on any atom is 0.137 e. The van der Waals surface area contributed by atoms with E-state index in [1.54, 1.807) is 12.1 Å². The molecule has 2 aromatic rings. The molecule has 3 nitrogen and oxygen atoms in total. The van der Waals surface area contributed by atoms with Crippen molar-refractivity contribution >= 4 is 17.4 Å². The summed E-state index contributed by atoms with van der Waals surface area (Å²) in [6.45, 7) is 4.70. The molecule has 1 heterocycles. The second-order valence-corrected chi connectivity index (χ2v) is 5.32. The molecule has 0 bridgehead atoms. The normalized spacial score (nSPS) is 10.7. The molecule has 0 aliphatic heterocycles. The fraction of sp³-hybridized carbons (Fsp3) is 0.375. The number of nitrogens with one attached hydrogen (secondary N) is 1. The van der Waals surface area contributed by atoms with Crippen LogP contribution in [0.5, 0.6) is 0 Å². The quantitative estimate of drug-likeness (QED) is 0.813. The summed E-state index contributed by atoms with van der Waals surface area (Å²) in [7, 11) is 0. The maximum absolute atomic E-state index is 12.8. The van der Waals surface area contributed by atoms with Gasteiger partial charge in [0, 0.05) is 18.5 Å². The summed E-state index contributed by atoms with van der Waals surface area (Å²) in [6.07, 6.45) is 2.59. The van der Waals surface area contributed by atoms with Crippen molar-refractivity contribution in [3.8, 4) is 0 Å². The number of benzene rings is 1. The average Bonchev–Trinajstić information content (AvgIpc) is 2.46. The van der Waals surface area contributed by atoms with E-state index in [1.165, 1.54) is 12.1 Å². The van der Waals surface area contributed by atoms with Crippen molar-refractivity contribution in [2.45, 2.75) is 33.1 Å². The van der Waals surface area contributed by atoms with E-state index in [-0.39, 0.29) is 5.82 Å². The first-order chi connectivity index (χ1) is 10.1. The lowest BCUT2D eigenvalue weighted by Crippen LogP contribution is -2.10. The molecule has 1 aromatic heterocycles. The molecule has 0 aliphatic rings. The molecule has 0 saturated heterocycles. The Labute approximate surface area is 129 Å². The van der Waals surface area contributed by atoms with Crippen LogP contribution in [-0.2, 0) is 12.8 Å². The Balaban J connectivity index is 2.00. The summed E-state index contributed by atoms with van der Waals surface area (Å²) in [5, 5.41) is 3.78. The fourth-order valence-corrected chi connectivity index (χ4v) is 2.20. The van der Waals surface area contributed by atoms with Crippen LogP contribution in [0.15, 0.2) is 24.3 Å². The van der Waals surface area contributed by atoms with Crippen LogP contribution in [0.25, 0.3) is 0 Å². The molecule has 2 rings (SSSR count). The van der Waals surface area contributed by atoms with Gasteiger partial charge in [0.15, 0.2) is 0 Å². The molecule has 5 heteroatoms. The van der Waals surface area contributed by atoms with Gasteiger partial charge in [-0.25, -0.2) is 14.4 Å². The van der Waals surface area contributed by atoms with Crippen LogP contribution in [0.3, 0.4) is 0 Å². The van der Waals surface area contributed by atoms with E-state index in [0.717, 1.165) is 42.0 Å². The van der Waals surface area contributed by atoms with Gasteiger partial charge in [-0.3, -0.25) is 0 Å². The smallest absolute Gasteiger partial charge is 0.137 e. The van der Waals surface area contributed by atoms with E-state index in [9.17, 15) is 4.39 Å². The molecule has 1 aromatic carbocycles. The van der Waals surface area contributed by atoms with Gasteiger partial charge in [0.1, 0.15) is 22.6 Å². The summed E-state index contributed by atoms with van der Waals surface area (Å²) in [6, 6.07) is 6.53. The first-order valence-corrected chi connectivity index (χ1v) is 7.49. The molecule has 0 radical (unpaired) electrons. The number of hydrogen-bond acceptors (Lipinski definition) is 3. The number of aryl methyl sites for hydroxylation is 1. The third kappa shape index (κ3) is 4.39. The van der Waals surface area contributed by atoms with Gasteiger partial charge in [-0.2, -0.15) is 0 Å². The van der Waals surface area contributed by atoms with Gasteiger partial charge in [0.05, 0.1) is 0 Å². The summed E-state index contributed by atoms with van der Waals surface area (Å²) in [5.74, 6) is 1.33. The zero-order chi connectivity index (χ0) is 15.2. The van der Waals surface area contributed by atoms with Crippen LogP contribution < -0.4 is 5.32 Å². The number of halogens is 2. The van der Waals surface area contributed by atoms with Crippen LogP contribution in [0, 0.1) is 12.7 Å². The highest BCUT2D eigenvalue weighted by molar-refractivity contribution is 6.30. The number of hydrogen-bond donors (Lipinski definition) is 1. The van der Waals surface area contributed by atoms with Gasteiger partial charge in [0.2, 0.25) is 0 Å². The molecule has 0 atom stereocenters. The molecule has 1 N–H and O–H groups in total. The van der Waals surface area contributed by atoms with Crippen molar-refractivity contribution < 1.29 is 4.39 Å². The molecule has 21 heavy (non-hydrogen) atoms. The van der Waals surface area contributed by atoms with E-state index in [0.29, 0.717) is 11.7 Å². The molecular formula is C16H19ClFN3. The topological polar surface area (TPSA) is 37.8 Å². The lowest BCUT2D eigenvalue weighted by molar-refractivity contribution is 0.627. The molecule has 0 amide bonds. The highest BCUT2D eigenvalue weighted by Crippen LogP contribution is 2.20. The number of nitrogens with zero attached hydrogens (tertiary/aromatic N) is 2. The molecular weight excluding hydrogens is 289 g/mol. The molecule has 0 aliphatic carbocycles. The Kier molecular flexibility index (Phi) is 5.51. The first kappa shape index (κ1) is 15.7. The van der Waals surface area contributed by atoms with E-state index >= 15 is 0 Å². The predicted molar refractivity (Wildman–Crippen MR) is 84.4 cm³/mol. The van der Waals surface area contributed by atoms with Gasteiger partial charge in [-0.1, -0.05) is 30.7 Å². The highest BCUT2D eigenvalue weighted by Gasteiger charge is 2.08. The number of aromatic nitrogens is 2. The van der Waals surface area contributed by atoms with Gasteiger partial charge >= 0.3 is 0 Å². The van der Waals surface area contributed by atoms with E-state index in [1.807, 2.05) is 6.92 Å². The molecule has 0 fully saturated rings. The zero-order valence-corrected chi connectivity index (χ0v) is 13.0. The second-order valence-electron chi connectivity index (χ2n) is 4.96. The number of rotatable bonds is 6. The Morgan fingerprint density at radius 3 is 2.52 bits per heavy atom. The van der Waals surface area contributed by atoms with Gasteiger partial charge in [-0.05, 0) is 37.5 Å². The van der Waals surface area contributed by atoms with Crippen LogP contribution >= 0.6 is 11.6 Å². The van der Waals surface area contributed by atoms with Crippen molar-refractivity contribution in [2.75, 3.05) is 11.9 Å². The highest BCUT2D eigenvalue weighted by atomic mass is 35.5. The van der Waals surface area contributed by atoms with Gasteiger partial charge in [0.25, 0.3) is 0 Å². The molecule has 112 valence electrons. The lowest BCUT2D eigenvalue weighted by Gasteiger charge is -2.11. The minimum absolute atomic E-state index is 0.214. The fourth-order valence-electron chi connectivity index (χ4n) is 2.02. The van der Waals surface area contributed by atoms with Crippen LogP contribution in [0.4, 0.5) is 10.2 Å². The molecule has 0 spiro atoms. The standard InChI is InChI=1S/C16H19ClFN3/c1-3-4-14-20-15(17)11(2)16(21-14)19-10-9-12-5-7-13(18)8-6-12/h5-8H,3-4,9-10H2,1-2H3,(H,19,20,21). The van der Waals surface area contributed by atoms with Crippen LogP contribution in [0.2, 0.25) is 5.15 Å². The maximum atomic E-state index is 12.8. The summed E-state index contributed by atoms with van der Waals surface area (Å²) >= 11 is 6.14. The van der Waals surface area contributed by atoms with Crippen molar-refractivity contribution in [1.82, 2.24) is 9.97 Å². The van der Waals surface area contributed by atoms with Gasteiger partial charge < -0.3 is 5.32 Å². The summed E-state index contributed by atoms with van der Waals surface area (Å²) < 4.78 is 12.8. The predicted octanol–water partition coefficient (Wildman–Crippen LogP) is 4.18. The minimum Gasteiger partial charge on any atom is -0.369 e. The Morgan fingerprint density at radius 2 is 1.86 bits per heavy atom. The summed E-state index contributed by atoms with van der Waals surface area (Å²) in [4.78, 5) is 8.77. The average molecular weight is 308 g/mol. The Hall–Kier alpha value is -1.68. The Bertz CT molecular complexity index is 599. The third-order valence-electron chi connectivity index (χ3n) is 3.23. The second kappa shape index (κ2) is 7.36. The molecule has 0 saturated carbocycles. The van der Waals surface area contributed by atoms with E-state index < -0.39 is 0 Å². The number of anilines is 1. The van der Waals surface area contributed by atoms with Gasteiger partial charge in [-0.15, -0.1) is 0 Å². The van der Waals surface area contributed by atoms with Crippen LogP contribution in [0.1, 0.15) is 30.3 Å². The SMILES string of the molecule is CCCc1nc(Cl)c(C)c(NCCc2ccc(F)cc2)n1. The van der Waals surface area contributed by atoms with Crippen molar-refractivity contribution in [2.24, 2.45) is 0 Å². The van der Waals surface area contributed by atoms with E-state index in [4.69, 9.17) is 11.6 Å². The minimum atomic E-state index is -0.214. The first-order valence-electron chi connectivity index (χ1n) is 7.11. The van der Waals surface area contributed by atoms with Crippen molar-refractivity contribution in [3.63, 3.8) is 0 Å². The monoisotopic (exact) mass is 307 g/mol. The van der Waals surface area contributed by atoms with Crippen LogP contribution in [-0.4, -0.2) is 16.5 Å². The van der Waals surface area contributed by atoms with E-state index in [2.05, 4.69) is 22.2 Å². The lowest BCUT2D eigenvalue weighted by atomic mass is 10.1.